The number of benzene rings is 1. The van der Waals surface area contributed by atoms with Crippen LogP contribution in [0, 0.1) is 5.82 Å². The monoisotopic (exact) mass is 274 g/mol. The normalized spacial score (nSPS) is 14.5. The molecule has 0 fully saturated rings. The van der Waals surface area contributed by atoms with Gasteiger partial charge in [-0.3, -0.25) is 11.3 Å². The van der Waals surface area contributed by atoms with Crippen LogP contribution in [0.1, 0.15) is 19.4 Å². The Morgan fingerprint density at radius 1 is 1.44 bits per heavy atom. The molecule has 0 bridgehead atoms. The van der Waals surface area contributed by atoms with Gasteiger partial charge in [-0.2, -0.15) is 0 Å². The standard InChI is InChI=1S/C12H19FN2O2S/c1-12(2,18(3,16)17)11(15-14)8-9-5-4-6-10(13)7-9/h4-7,11,15H,8,14H2,1-3H3. The number of hydrogen-bond acceptors (Lipinski definition) is 4. The largest absolute Gasteiger partial charge is 0.271 e. The summed E-state index contributed by atoms with van der Waals surface area (Å²) in [5, 5.41) is 0. The van der Waals surface area contributed by atoms with Crippen LogP contribution in [0.5, 0.6) is 0 Å². The third-order valence-electron chi connectivity index (χ3n) is 3.32. The molecule has 0 spiro atoms. The zero-order valence-corrected chi connectivity index (χ0v) is 11.6. The molecule has 6 heteroatoms. The Balaban J connectivity index is 2.99. The lowest BCUT2D eigenvalue weighted by Crippen LogP contribution is -2.55. The summed E-state index contributed by atoms with van der Waals surface area (Å²) in [7, 11) is -3.28. The molecule has 0 saturated carbocycles. The van der Waals surface area contributed by atoms with Crippen LogP contribution in [0.2, 0.25) is 0 Å². The van der Waals surface area contributed by atoms with E-state index in [-0.39, 0.29) is 5.82 Å². The number of hydrazine groups is 1. The molecule has 0 aliphatic carbocycles. The van der Waals surface area contributed by atoms with E-state index in [2.05, 4.69) is 5.43 Å². The zero-order valence-electron chi connectivity index (χ0n) is 10.8. The second-order valence-corrected chi connectivity index (χ2v) is 7.53. The highest BCUT2D eigenvalue weighted by atomic mass is 32.2. The summed E-state index contributed by atoms with van der Waals surface area (Å²) in [6.45, 7) is 3.21. The average molecular weight is 274 g/mol. The predicted octanol–water partition coefficient (Wildman–Crippen LogP) is 1.02. The third-order valence-corrected chi connectivity index (χ3v) is 5.52. The van der Waals surface area contributed by atoms with Gasteiger partial charge in [-0.05, 0) is 38.0 Å². The molecular formula is C12H19FN2O2S. The van der Waals surface area contributed by atoms with Crippen LogP contribution in [-0.2, 0) is 16.3 Å². The molecule has 18 heavy (non-hydrogen) atoms. The van der Waals surface area contributed by atoms with Crippen molar-refractivity contribution in [3.8, 4) is 0 Å². The van der Waals surface area contributed by atoms with Crippen molar-refractivity contribution in [1.82, 2.24) is 5.43 Å². The van der Waals surface area contributed by atoms with E-state index >= 15 is 0 Å². The molecule has 3 N–H and O–H groups in total. The SMILES string of the molecule is CC(C)(C(Cc1cccc(F)c1)NN)S(C)(=O)=O. The fraction of sp³-hybridized carbons (Fsp3) is 0.500. The quantitative estimate of drug-likeness (QED) is 0.621. The predicted molar refractivity (Wildman–Crippen MR) is 70.1 cm³/mol. The van der Waals surface area contributed by atoms with Crippen molar-refractivity contribution in [3.05, 3.63) is 35.6 Å². The van der Waals surface area contributed by atoms with Crippen molar-refractivity contribution in [2.45, 2.75) is 31.1 Å². The Hall–Kier alpha value is -0.980. The van der Waals surface area contributed by atoms with Crippen LogP contribution in [0.25, 0.3) is 0 Å². The molecule has 1 atom stereocenters. The summed E-state index contributed by atoms with van der Waals surface area (Å²) < 4.78 is 35.5. The molecule has 0 amide bonds. The number of rotatable bonds is 5. The maximum atomic E-state index is 13.1. The van der Waals surface area contributed by atoms with E-state index in [9.17, 15) is 12.8 Å². The summed E-state index contributed by atoms with van der Waals surface area (Å²) in [6, 6.07) is 5.56. The highest BCUT2D eigenvalue weighted by Crippen LogP contribution is 2.22. The molecule has 1 unspecified atom stereocenters. The molecule has 0 aliphatic heterocycles. The lowest BCUT2D eigenvalue weighted by Gasteiger charge is -2.32. The van der Waals surface area contributed by atoms with Gasteiger partial charge in [0.1, 0.15) is 5.82 Å². The molecule has 102 valence electrons. The lowest BCUT2D eigenvalue weighted by molar-refractivity contribution is 0.412. The first-order chi connectivity index (χ1) is 8.18. The number of sulfone groups is 1. The maximum Gasteiger partial charge on any atom is 0.154 e. The fourth-order valence-corrected chi connectivity index (χ4v) is 2.33. The topological polar surface area (TPSA) is 72.2 Å². The second-order valence-electron chi connectivity index (χ2n) is 4.93. The highest BCUT2D eigenvalue weighted by molar-refractivity contribution is 7.92. The van der Waals surface area contributed by atoms with Gasteiger partial charge < -0.3 is 0 Å². The Labute approximate surface area is 107 Å². The van der Waals surface area contributed by atoms with Gasteiger partial charge in [-0.15, -0.1) is 0 Å². The van der Waals surface area contributed by atoms with E-state index in [1.54, 1.807) is 26.0 Å². The number of nitrogens with one attached hydrogen (secondary N) is 1. The van der Waals surface area contributed by atoms with Crippen LogP contribution < -0.4 is 11.3 Å². The Bertz CT molecular complexity index is 515. The van der Waals surface area contributed by atoms with Crippen molar-refractivity contribution in [3.63, 3.8) is 0 Å². The molecule has 0 saturated heterocycles. The average Bonchev–Trinajstić information content (AvgIpc) is 2.24. The van der Waals surface area contributed by atoms with Crippen LogP contribution in [0.3, 0.4) is 0 Å². The zero-order chi connectivity index (χ0) is 14.0. The van der Waals surface area contributed by atoms with E-state index in [1.807, 2.05) is 0 Å². The van der Waals surface area contributed by atoms with Gasteiger partial charge in [-0.25, -0.2) is 12.8 Å². The first kappa shape index (κ1) is 15.1. The summed E-state index contributed by atoms with van der Waals surface area (Å²) in [5.74, 6) is 5.09. The van der Waals surface area contributed by atoms with Crippen LogP contribution in [-0.4, -0.2) is 25.5 Å². The van der Waals surface area contributed by atoms with Crippen molar-refractivity contribution in [1.29, 1.82) is 0 Å². The van der Waals surface area contributed by atoms with Crippen molar-refractivity contribution in [2.75, 3.05) is 6.26 Å². The maximum absolute atomic E-state index is 13.1. The van der Waals surface area contributed by atoms with Crippen molar-refractivity contribution < 1.29 is 12.8 Å². The Morgan fingerprint density at radius 3 is 2.50 bits per heavy atom. The lowest BCUT2D eigenvalue weighted by atomic mass is 9.96. The van der Waals surface area contributed by atoms with Gasteiger partial charge >= 0.3 is 0 Å². The van der Waals surface area contributed by atoms with E-state index < -0.39 is 20.6 Å². The van der Waals surface area contributed by atoms with Gasteiger partial charge in [0, 0.05) is 12.3 Å². The smallest absolute Gasteiger partial charge is 0.154 e. The molecule has 1 rings (SSSR count). The second kappa shape index (κ2) is 5.34. The molecule has 0 aliphatic rings. The minimum atomic E-state index is -3.28. The summed E-state index contributed by atoms with van der Waals surface area (Å²) in [4.78, 5) is 0. The van der Waals surface area contributed by atoms with Gasteiger partial charge in [0.25, 0.3) is 0 Å². The first-order valence-corrected chi connectivity index (χ1v) is 7.48. The Kier molecular flexibility index (Phi) is 4.47. The minimum Gasteiger partial charge on any atom is -0.271 e. The van der Waals surface area contributed by atoms with E-state index in [4.69, 9.17) is 5.84 Å². The summed E-state index contributed by atoms with van der Waals surface area (Å²) >= 11 is 0. The fourth-order valence-electron chi connectivity index (χ4n) is 1.66. The van der Waals surface area contributed by atoms with Gasteiger partial charge in [0.05, 0.1) is 4.75 Å². The van der Waals surface area contributed by atoms with E-state index in [0.29, 0.717) is 12.0 Å². The van der Waals surface area contributed by atoms with Crippen molar-refractivity contribution >= 4 is 9.84 Å². The number of hydrogen-bond donors (Lipinski definition) is 2. The number of halogens is 1. The summed E-state index contributed by atoms with van der Waals surface area (Å²) in [5.41, 5.74) is 3.22. The minimum absolute atomic E-state index is 0.342. The molecule has 1 aromatic carbocycles. The highest BCUT2D eigenvalue weighted by Gasteiger charge is 2.38. The molecule has 4 nitrogen and oxygen atoms in total. The van der Waals surface area contributed by atoms with Crippen LogP contribution in [0.15, 0.2) is 24.3 Å². The van der Waals surface area contributed by atoms with Gasteiger partial charge in [0.2, 0.25) is 0 Å². The van der Waals surface area contributed by atoms with Gasteiger partial charge in [0.15, 0.2) is 9.84 Å². The molecular weight excluding hydrogens is 255 g/mol. The third kappa shape index (κ3) is 3.28. The number of nitrogens with two attached hydrogens (primary N) is 1. The first-order valence-electron chi connectivity index (χ1n) is 5.58. The molecule has 0 aromatic heterocycles. The molecule has 1 aromatic rings. The van der Waals surface area contributed by atoms with Crippen molar-refractivity contribution in [2.24, 2.45) is 5.84 Å². The van der Waals surface area contributed by atoms with E-state index in [0.717, 1.165) is 0 Å². The molecule has 0 heterocycles. The van der Waals surface area contributed by atoms with Crippen LogP contribution >= 0.6 is 0 Å². The van der Waals surface area contributed by atoms with Crippen LogP contribution in [0.4, 0.5) is 4.39 Å². The van der Waals surface area contributed by atoms with Gasteiger partial charge in [-0.1, -0.05) is 12.1 Å². The van der Waals surface area contributed by atoms with E-state index in [1.165, 1.54) is 18.4 Å². The Morgan fingerprint density at radius 2 is 2.06 bits per heavy atom. The summed E-state index contributed by atoms with van der Waals surface area (Å²) in [6.07, 6.45) is 1.51. The molecule has 0 radical (unpaired) electrons.